The maximum Gasteiger partial charge on any atom is 0.407 e. The van der Waals surface area contributed by atoms with Gasteiger partial charge in [0.05, 0.1) is 45.3 Å². The third-order valence-corrected chi connectivity index (χ3v) is 3.09. The molecule has 0 spiro atoms. The zero-order valence-corrected chi connectivity index (χ0v) is 14.3. The molecule has 9 heteroatoms. The molecule has 0 radical (unpaired) electrons. The number of hydrogen-bond acceptors (Lipinski definition) is 6. The summed E-state index contributed by atoms with van der Waals surface area (Å²) >= 11 is 0. The Bertz CT molecular complexity index is 541. The quantitative estimate of drug-likeness (QED) is 0.443. The van der Waals surface area contributed by atoms with Gasteiger partial charge < -0.3 is 29.7 Å². The first kappa shape index (κ1) is 21.4. The van der Waals surface area contributed by atoms with E-state index in [4.69, 9.17) is 24.4 Å². The zero-order valence-electron chi connectivity index (χ0n) is 14.3. The molecule has 0 atom stereocenters. The summed E-state index contributed by atoms with van der Waals surface area (Å²) in [6.07, 6.45) is -1.00. The molecule has 3 N–H and O–H groups in total. The van der Waals surface area contributed by atoms with E-state index in [0.29, 0.717) is 0 Å². The molecule has 1 aromatic rings. The summed E-state index contributed by atoms with van der Waals surface area (Å²) in [5.74, 6) is -1.98. The number of ether oxygens (including phenoxy) is 3. The van der Waals surface area contributed by atoms with Crippen molar-refractivity contribution < 1.29 is 38.8 Å². The predicted molar refractivity (Wildman–Crippen MR) is 89.7 cm³/mol. The number of rotatable bonds is 13. The zero-order chi connectivity index (χ0) is 19.2. The van der Waals surface area contributed by atoms with E-state index in [9.17, 15) is 14.4 Å². The van der Waals surface area contributed by atoms with Gasteiger partial charge in [-0.15, -0.1) is 0 Å². The summed E-state index contributed by atoms with van der Waals surface area (Å²) in [7, 11) is 0. The van der Waals surface area contributed by atoms with Crippen molar-refractivity contribution in [3.63, 3.8) is 0 Å². The van der Waals surface area contributed by atoms with Gasteiger partial charge in [-0.05, 0) is 5.56 Å². The number of benzene rings is 1. The summed E-state index contributed by atoms with van der Waals surface area (Å²) < 4.78 is 15.5. The van der Waals surface area contributed by atoms with Crippen LogP contribution in [0.1, 0.15) is 18.4 Å². The number of carboxylic acid groups (broad SMARTS) is 2. The van der Waals surface area contributed by atoms with Gasteiger partial charge in [-0.1, -0.05) is 30.3 Å². The molecule has 0 saturated heterocycles. The lowest BCUT2D eigenvalue weighted by Gasteiger charge is -2.18. The largest absolute Gasteiger partial charge is 0.481 e. The van der Waals surface area contributed by atoms with Crippen molar-refractivity contribution in [1.29, 1.82) is 0 Å². The SMILES string of the molecule is O=C(O)CCOCC(COCCC(=O)O)NC(=O)OCc1ccccc1. The Morgan fingerprint density at radius 3 is 1.96 bits per heavy atom. The molecule has 9 nitrogen and oxygen atoms in total. The molecule has 0 aliphatic carbocycles. The average molecular weight is 369 g/mol. The van der Waals surface area contributed by atoms with Crippen LogP contribution in [-0.2, 0) is 30.4 Å². The molecule has 0 fully saturated rings. The van der Waals surface area contributed by atoms with E-state index in [1.54, 1.807) is 0 Å². The fraction of sp³-hybridized carbons (Fsp3) is 0.471. The standard InChI is InChI=1S/C17H23NO8/c19-15(20)6-8-24-11-14(12-25-9-7-16(21)22)18-17(23)26-10-13-4-2-1-3-5-13/h1-5,14H,6-12H2,(H,18,23)(H,19,20)(H,21,22). The molecule has 1 aromatic carbocycles. The normalized spacial score (nSPS) is 10.5. The van der Waals surface area contributed by atoms with Crippen LogP contribution in [0.4, 0.5) is 4.79 Å². The van der Waals surface area contributed by atoms with E-state index < -0.39 is 24.1 Å². The van der Waals surface area contributed by atoms with E-state index in [-0.39, 0.29) is 45.9 Å². The Morgan fingerprint density at radius 1 is 0.923 bits per heavy atom. The summed E-state index contributed by atoms with van der Waals surface area (Å²) in [6.45, 7) is 0.101. The lowest BCUT2D eigenvalue weighted by Crippen LogP contribution is -2.42. The monoisotopic (exact) mass is 369 g/mol. The molecule has 0 aliphatic heterocycles. The molecular formula is C17H23NO8. The highest BCUT2D eigenvalue weighted by Gasteiger charge is 2.15. The third kappa shape index (κ3) is 11.0. The molecule has 26 heavy (non-hydrogen) atoms. The molecule has 0 unspecified atom stereocenters. The van der Waals surface area contributed by atoms with E-state index in [1.165, 1.54) is 0 Å². The van der Waals surface area contributed by atoms with Crippen LogP contribution in [0.25, 0.3) is 0 Å². The van der Waals surface area contributed by atoms with Crippen LogP contribution in [0.3, 0.4) is 0 Å². The van der Waals surface area contributed by atoms with Crippen LogP contribution < -0.4 is 5.32 Å². The van der Waals surface area contributed by atoms with Crippen molar-refractivity contribution in [3.05, 3.63) is 35.9 Å². The second-order valence-corrected chi connectivity index (χ2v) is 5.34. The average Bonchev–Trinajstić information content (AvgIpc) is 2.60. The number of amides is 1. The maximum absolute atomic E-state index is 11.9. The van der Waals surface area contributed by atoms with Gasteiger partial charge in [0.25, 0.3) is 0 Å². The number of carbonyl (C=O) groups excluding carboxylic acids is 1. The Labute approximate surface area is 150 Å². The Morgan fingerprint density at radius 2 is 1.46 bits per heavy atom. The fourth-order valence-corrected chi connectivity index (χ4v) is 1.83. The van der Waals surface area contributed by atoms with Crippen molar-refractivity contribution in [2.75, 3.05) is 26.4 Å². The number of carboxylic acids is 2. The van der Waals surface area contributed by atoms with Crippen LogP contribution in [0.15, 0.2) is 30.3 Å². The van der Waals surface area contributed by atoms with Gasteiger partial charge in [-0.3, -0.25) is 9.59 Å². The Balaban J connectivity index is 2.38. The van der Waals surface area contributed by atoms with Gasteiger partial charge in [-0.25, -0.2) is 4.79 Å². The molecule has 1 amide bonds. The van der Waals surface area contributed by atoms with Crippen molar-refractivity contribution in [3.8, 4) is 0 Å². The molecule has 144 valence electrons. The van der Waals surface area contributed by atoms with Gasteiger partial charge in [0, 0.05) is 0 Å². The third-order valence-electron chi connectivity index (χ3n) is 3.09. The Hall–Kier alpha value is -2.65. The summed E-state index contributed by atoms with van der Waals surface area (Å²) in [5.41, 5.74) is 0.828. The molecule has 0 heterocycles. The highest BCUT2D eigenvalue weighted by atomic mass is 16.6. The number of aliphatic carboxylic acids is 2. The second-order valence-electron chi connectivity index (χ2n) is 5.34. The van der Waals surface area contributed by atoms with Gasteiger partial charge in [0.2, 0.25) is 0 Å². The lowest BCUT2D eigenvalue weighted by molar-refractivity contribution is -0.139. The van der Waals surface area contributed by atoms with E-state index in [2.05, 4.69) is 5.32 Å². The number of carbonyl (C=O) groups is 3. The first-order valence-corrected chi connectivity index (χ1v) is 8.03. The van der Waals surface area contributed by atoms with Crippen molar-refractivity contribution >= 4 is 18.0 Å². The highest BCUT2D eigenvalue weighted by Crippen LogP contribution is 2.01. The number of alkyl carbamates (subject to hydrolysis) is 1. The lowest BCUT2D eigenvalue weighted by atomic mass is 10.2. The molecule has 0 saturated carbocycles. The highest BCUT2D eigenvalue weighted by molar-refractivity contribution is 5.68. The fourth-order valence-electron chi connectivity index (χ4n) is 1.83. The summed E-state index contributed by atoms with van der Waals surface area (Å²) in [4.78, 5) is 32.8. The second kappa shape index (κ2) is 12.7. The first-order chi connectivity index (χ1) is 12.5. The van der Waals surface area contributed by atoms with Gasteiger partial charge in [0.15, 0.2) is 0 Å². The number of nitrogens with one attached hydrogen (secondary N) is 1. The van der Waals surface area contributed by atoms with Crippen LogP contribution in [0.5, 0.6) is 0 Å². The van der Waals surface area contributed by atoms with Gasteiger partial charge in [-0.2, -0.15) is 0 Å². The van der Waals surface area contributed by atoms with Crippen LogP contribution >= 0.6 is 0 Å². The van der Waals surface area contributed by atoms with Crippen molar-refractivity contribution in [2.24, 2.45) is 0 Å². The number of hydrogen-bond donors (Lipinski definition) is 3. The molecule has 1 rings (SSSR count). The van der Waals surface area contributed by atoms with Gasteiger partial charge >= 0.3 is 18.0 Å². The molecular weight excluding hydrogens is 346 g/mol. The first-order valence-electron chi connectivity index (χ1n) is 8.03. The van der Waals surface area contributed by atoms with Crippen LogP contribution in [0, 0.1) is 0 Å². The van der Waals surface area contributed by atoms with E-state index in [1.807, 2.05) is 30.3 Å². The van der Waals surface area contributed by atoms with Crippen LogP contribution in [0.2, 0.25) is 0 Å². The topological polar surface area (TPSA) is 131 Å². The predicted octanol–water partition coefficient (Wildman–Crippen LogP) is 1.26. The van der Waals surface area contributed by atoms with Gasteiger partial charge in [0.1, 0.15) is 6.61 Å². The van der Waals surface area contributed by atoms with E-state index in [0.717, 1.165) is 5.56 Å². The molecule has 0 bridgehead atoms. The summed E-state index contributed by atoms with van der Waals surface area (Å²) in [5, 5.41) is 19.7. The van der Waals surface area contributed by atoms with Crippen molar-refractivity contribution in [2.45, 2.75) is 25.5 Å². The maximum atomic E-state index is 11.9. The molecule has 0 aromatic heterocycles. The van der Waals surface area contributed by atoms with E-state index >= 15 is 0 Å². The Kier molecular flexibility index (Phi) is 10.4. The molecule has 0 aliphatic rings. The van der Waals surface area contributed by atoms with Crippen LogP contribution in [-0.4, -0.2) is 60.7 Å². The van der Waals surface area contributed by atoms with Crippen molar-refractivity contribution in [1.82, 2.24) is 5.32 Å². The minimum Gasteiger partial charge on any atom is -0.481 e. The summed E-state index contributed by atoms with van der Waals surface area (Å²) in [6, 6.07) is 8.53. The minimum absolute atomic E-state index is 0.0122. The smallest absolute Gasteiger partial charge is 0.407 e. The minimum atomic E-state index is -0.991.